The van der Waals surface area contributed by atoms with Gasteiger partial charge < -0.3 is 15.5 Å². The van der Waals surface area contributed by atoms with Gasteiger partial charge in [0.05, 0.1) is 24.2 Å². The second kappa shape index (κ2) is 6.78. The maximum atomic E-state index is 13.3. The van der Waals surface area contributed by atoms with Crippen LogP contribution in [0.15, 0.2) is 18.2 Å². The predicted octanol–water partition coefficient (Wildman–Crippen LogP) is 1.11. The van der Waals surface area contributed by atoms with E-state index in [0.29, 0.717) is 12.5 Å². The van der Waals surface area contributed by atoms with Crippen LogP contribution in [0.25, 0.3) is 0 Å². The van der Waals surface area contributed by atoms with E-state index in [2.05, 4.69) is 41.0 Å². The monoisotopic (exact) mass is 419 g/mol. The van der Waals surface area contributed by atoms with Crippen molar-refractivity contribution in [1.82, 2.24) is 14.7 Å². The molecule has 0 spiro atoms. The van der Waals surface area contributed by atoms with E-state index in [1.54, 1.807) is 4.90 Å². The highest BCUT2D eigenvalue weighted by molar-refractivity contribution is 5.87. The molecular formula is C24H29N5O2. The van der Waals surface area contributed by atoms with Crippen LogP contribution in [0.1, 0.15) is 48.4 Å². The Hall–Kier alpha value is -2.43. The quantitative estimate of drug-likeness (QED) is 0.789. The molecule has 0 radical (unpaired) electrons. The van der Waals surface area contributed by atoms with Crippen LogP contribution >= 0.6 is 0 Å². The van der Waals surface area contributed by atoms with Crippen LogP contribution in [-0.4, -0.2) is 69.8 Å². The number of nitrogens with two attached hydrogens (primary N) is 1. The minimum Gasteiger partial charge on any atom is -0.330 e. The van der Waals surface area contributed by atoms with Crippen molar-refractivity contribution in [2.24, 2.45) is 11.7 Å². The first-order chi connectivity index (χ1) is 15.0. The molecule has 4 fully saturated rings. The van der Waals surface area contributed by atoms with E-state index in [1.807, 2.05) is 0 Å². The average molecular weight is 420 g/mol. The van der Waals surface area contributed by atoms with Crippen LogP contribution in [0.4, 0.5) is 0 Å². The molecule has 7 nitrogen and oxygen atoms in total. The third-order valence-corrected chi connectivity index (χ3v) is 8.25. The van der Waals surface area contributed by atoms with Gasteiger partial charge in [-0.15, -0.1) is 0 Å². The largest absolute Gasteiger partial charge is 0.330 e. The van der Waals surface area contributed by atoms with Crippen molar-refractivity contribution in [2.75, 3.05) is 13.1 Å². The molecular weight excluding hydrogens is 390 g/mol. The maximum absolute atomic E-state index is 13.3. The Morgan fingerprint density at radius 1 is 1.29 bits per heavy atom. The van der Waals surface area contributed by atoms with Gasteiger partial charge >= 0.3 is 0 Å². The first-order valence-electron chi connectivity index (χ1n) is 11.6. The lowest BCUT2D eigenvalue weighted by molar-refractivity contribution is -0.141. The van der Waals surface area contributed by atoms with Crippen LogP contribution in [0, 0.1) is 24.2 Å². The number of hydrogen-bond acceptors (Lipinski definition) is 5. The summed E-state index contributed by atoms with van der Waals surface area (Å²) in [7, 11) is 0. The first-order valence-corrected chi connectivity index (χ1v) is 11.6. The summed E-state index contributed by atoms with van der Waals surface area (Å²) in [5.74, 6) is 0.549. The molecule has 5 aliphatic rings. The smallest absolute Gasteiger partial charge is 0.242 e. The molecule has 1 saturated carbocycles. The number of carbonyl (C=O) groups is 2. The lowest BCUT2D eigenvalue weighted by atomic mass is 10.0. The van der Waals surface area contributed by atoms with Crippen molar-refractivity contribution in [3.63, 3.8) is 0 Å². The van der Waals surface area contributed by atoms with Crippen LogP contribution in [0.5, 0.6) is 0 Å². The number of rotatable bonds is 4. The van der Waals surface area contributed by atoms with Gasteiger partial charge in [-0.25, -0.2) is 0 Å². The number of aryl methyl sites for hydroxylation is 2. The molecule has 3 heterocycles. The molecule has 0 aromatic heterocycles. The van der Waals surface area contributed by atoms with E-state index in [1.165, 1.54) is 16.7 Å². The Kier molecular flexibility index (Phi) is 4.22. The normalized spacial score (nSPS) is 36.5. The topological polar surface area (TPSA) is 93.7 Å². The fourth-order valence-electron chi connectivity index (χ4n) is 6.72. The second-order valence-electron chi connectivity index (χ2n) is 10.2. The SMILES string of the molecule is Cc1ccc2c(c1)CC[C@@H]2N1C(=O)[C@H]2C[C@@H]1CN2C[C@H](N)C(=O)N1[C@H](C#N)CC2C[C@@H]21. The van der Waals surface area contributed by atoms with Crippen LogP contribution in [0.2, 0.25) is 0 Å². The van der Waals surface area contributed by atoms with E-state index < -0.39 is 6.04 Å². The maximum Gasteiger partial charge on any atom is 0.242 e. The second-order valence-corrected chi connectivity index (χ2v) is 10.2. The number of piperazine rings is 1. The summed E-state index contributed by atoms with van der Waals surface area (Å²) in [6.07, 6.45) is 4.64. The van der Waals surface area contributed by atoms with Crippen molar-refractivity contribution < 1.29 is 9.59 Å². The molecule has 2 bridgehead atoms. The summed E-state index contributed by atoms with van der Waals surface area (Å²) in [5.41, 5.74) is 10.3. The Labute approximate surface area is 182 Å². The molecule has 3 saturated heterocycles. The summed E-state index contributed by atoms with van der Waals surface area (Å²) < 4.78 is 0. The molecule has 3 aliphatic heterocycles. The summed E-state index contributed by atoms with van der Waals surface area (Å²) in [4.78, 5) is 32.3. The number of hydrogen-bond donors (Lipinski definition) is 1. The van der Waals surface area contributed by atoms with E-state index >= 15 is 0 Å². The molecule has 7 heteroatoms. The molecule has 1 unspecified atom stereocenters. The van der Waals surface area contributed by atoms with E-state index in [0.717, 1.165) is 38.6 Å². The Morgan fingerprint density at radius 2 is 2.13 bits per heavy atom. The minimum atomic E-state index is -0.675. The van der Waals surface area contributed by atoms with E-state index in [4.69, 9.17) is 5.73 Å². The van der Waals surface area contributed by atoms with Gasteiger partial charge in [-0.1, -0.05) is 23.8 Å². The van der Waals surface area contributed by atoms with Gasteiger partial charge in [0.1, 0.15) is 6.04 Å². The third kappa shape index (κ3) is 2.85. The Balaban J connectivity index is 1.13. The number of nitrogens with zero attached hydrogens (tertiary/aromatic N) is 4. The molecule has 7 atom stereocenters. The van der Waals surface area contributed by atoms with E-state index in [9.17, 15) is 14.9 Å². The fourth-order valence-corrected chi connectivity index (χ4v) is 6.72. The zero-order valence-electron chi connectivity index (χ0n) is 17.9. The number of benzene rings is 1. The van der Waals surface area contributed by atoms with Gasteiger partial charge in [0.2, 0.25) is 11.8 Å². The van der Waals surface area contributed by atoms with Gasteiger partial charge in [0.15, 0.2) is 0 Å². The average Bonchev–Trinajstić information content (AvgIpc) is 3.08. The van der Waals surface area contributed by atoms with Gasteiger partial charge in [-0.3, -0.25) is 14.5 Å². The number of amides is 2. The highest BCUT2D eigenvalue weighted by Crippen LogP contribution is 2.48. The fraction of sp³-hybridized carbons (Fsp3) is 0.625. The number of likely N-dealkylation sites (tertiary alicyclic amines) is 3. The van der Waals surface area contributed by atoms with E-state index in [-0.39, 0.29) is 42.0 Å². The number of nitriles is 1. The van der Waals surface area contributed by atoms with Gasteiger partial charge in [0.25, 0.3) is 0 Å². The summed E-state index contributed by atoms with van der Waals surface area (Å²) in [5, 5.41) is 9.38. The van der Waals surface area contributed by atoms with Gasteiger partial charge in [0, 0.05) is 25.2 Å². The van der Waals surface area contributed by atoms with Crippen LogP contribution in [-0.2, 0) is 16.0 Å². The zero-order valence-corrected chi connectivity index (χ0v) is 17.9. The molecule has 1 aromatic carbocycles. The Bertz CT molecular complexity index is 1000. The standard InChI is InChI=1S/C24H29N5O2/c1-13-2-4-18-14(6-13)3-5-20(18)29-17-9-22(24(29)31)27(11-17)12-19(26)23(30)28-16(10-25)7-15-8-21(15)28/h2,4,6,15-17,19-22H,3,5,7-9,11-12,26H2,1H3/t15?,16-,17+,19-,20-,21-,22+/m0/s1. The predicted molar refractivity (Wildman–Crippen MR) is 114 cm³/mol. The molecule has 2 amide bonds. The molecule has 6 rings (SSSR count). The molecule has 2 aliphatic carbocycles. The van der Waals surface area contributed by atoms with Gasteiger partial charge in [-0.05, 0) is 56.1 Å². The first kappa shape index (κ1) is 19.3. The molecule has 162 valence electrons. The molecule has 31 heavy (non-hydrogen) atoms. The van der Waals surface area contributed by atoms with Crippen molar-refractivity contribution in [3.05, 3.63) is 34.9 Å². The van der Waals surface area contributed by atoms with Crippen molar-refractivity contribution >= 4 is 11.8 Å². The number of piperidine rings is 1. The summed E-state index contributed by atoms with van der Waals surface area (Å²) in [6.45, 7) is 3.29. The summed E-state index contributed by atoms with van der Waals surface area (Å²) >= 11 is 0. The van der Waals surface area contributed by atoms with Crippen molar-refractivity contribution in [3.8, 4) is 6.07 Å². The highest BCUT2D eigenvalue weighted by atomic mass is 16.2. The van der Waals surface area contributed by atoms with Crippen molar-refractivity contribution in [2.45, 2.75) is 75.3 Å². The van der Waals surface area contributed by atoms with Gasteiger partial charge in [-0.2, -0.15) is 5.26 Å². The van der Waals surface area contributed by atoms with Crippen molar-refractivity contribution in [1.29, 1.82) is 5.26 Å². The number of carbonyl (C=O) groups excluding carboxylic acids is 2. The molecule has 1 aromatic rings. The number of fused-ring (bicyclic) bond motifs is 4. The van der Waals surface area contributed by atoms with Crippen LogP contribution in [0.3, 0.4) is 0 Å². The Morgan fingerprint density at radius 3 is 2.90 bits per heavy atom. The summed E-state index contributed by atoms with van der Waals surface area (Å²) in [6, 6.07) is 8.27. The zero-order chi connectivity index (χ0) is 21.4. The molecule has 2 N–H and O–H groups in total. The lowest BCUT2D eigenvalue weighted by Crippen LogP contribution is -2.57. The minimum absolute atomic E-state index is 0.122. The highest BCUT2D eigenvalue weighted by Gasteiger charge is 2.56. The lowest BCUT2D eigenvalue weighted by Gasteiger charge is -2.38. The van der Waals surface area contributed by atoms with Crippen LogP contribution < -0.4 is 5.73 Å². The third-order valence-electron chi connectivity index (χ3n) is 8.25.